The van der Waals surface area contributed by atoms with Crippen LogP contribution in [-0.4, -0.2) is 47.8 Å². The van der Waals surface area contributed by atoms with Crippen LogP contribution in [-0.2, 0) is 4.79 Å². The highest BCUT2D eigenvalue weighted by Gasteiger charge is 2.36. The number of thiazole rings is 1. The number of hydrogen-bond donors (Lipinski definition) is 1. The van der Waals surface area contributed by atoms with E-state index in [0.717, 1.165) is 0 Å². The third kappa shape index (κ3) is 4.42. The van der Waals surface area contributed by atoms with Gasteiger partial charge in [-0.2, -0.15) is 0 Å². The summed E-state index contributed by atoms with van der Waals surface area (Å²) >= 11 is 1.21. The standard InChI is InChI=1S/C27H29N3O5S/c1-6-29(7-2)26(33)23-16(3)28-27-30(24(23)19-15-18(34-4)12-13-21(19)35-5)25(32)22(36-27)14-17-10-8-9-11-20(17)31/h8-15,24,31H,6-7H2,1-5H3/b22-14+/t24-/m1/s1. The van der Waals surface area contributed by atoms with E-state index in [1.54, 1.807) is 74.6 Å². The lowest BCUT2D eigenvalue weighted by Crippen LogP contribution is -2.43. The molecule has 1 amide bonds. The number of phenolic OH excluding ortho intramolecular Hbond substituents is 1. The third-order valence-electron chi connectivity index (χ3n) is 6.26. The lowest BCUT2D eigenvalue weighted by atomic mass is 9.93. The van der Waals surface area contributed by atoms with Gasteiger partial charge < -0.3 is 19.5 Å². The minimum absolute atomic E-state index is 0.0722. The number of fused-ring (bicyclic) bond motifs is 1. The molecule has 1 aromatic heterocycles. The first kappa shape index (κ1) is 25.2. The number of likely N-dealkylation sites (N-methyl/N-ethyl adjacent to an activating group) is 1. The van der Waals surface area contributed by atoms with Crippen LogP contribution in [0.1, 0.15) is 37.9 Å². The van der Waals surface area contributed by atoms with Gasteiger partial charge in [0.2, 0.25) is 0 Å². The van der Waals surface area contributed by atoms with Gasteiger partial charge in [0.1, 0.15) is 23.3 Å². The van der Waals surface area contributed by atoms with E-state index in [4.69, 9.17) is 9.47 Å². The first-order valence-electron chi connectivity index (χ1n) is 11.7. The summed E-state index contributed by atoms with van der Waals surface area (Å²) in [6.45, 7) is 6.66. The van der Waals surface area contributed by atoms with Crippen LogP contribution in [0.4, 0.5) is 0 Å². The average Bonchev–Trinajstić information content (AvgIpc) is 3.19. The molecule has 0 spiro atoms. The summed E-state index contributed by atoms with van der Waals surface area (Å²) in [6, 6.07) is 11.4. The van der Waals surface area contributed by atoms with Gasteiger partial charge in [0.25, 0.3) is 11.5 Å². The van der Waals surface area contributed by atoms with Gasteiger partial charge in [-0.1, -0.05) is 29.5 Å². The molecule has 1 aliphatic heterocycles. The second-order valence-corrected chi connectivity index (χ2v) is 9.24. The predicted octanol–water partition coefficient (Wildman–Crippen LogP) is 2.83. The molecule has 0 fully saturated rings. The number of rotatable bonds is 7. The van der Waals surface area contributed by atoms with Gasteiger partial charge in [-0.15, -0.1) is 0 Å². The Morgan fingerprint density at radius 1 is 1.17 bits per heavy atom. The van der Waals surface area contributed by atoms with Crippen LogP contribution >= 0.6 is 11.3 Å². The van der Waals surface area contributed by atoms with E-state index in [9.17, 15) is 14.7 Å². The number of ether oxygens (including phenoxy) is 2. The summed E-state index contributed by atoms with van der Waals surface area (Å²) in [5, 5.41) is 10.2. The topological polar surface area (TPSA) is 93.4 Å². The quantitative estimate of drug-likeness (QED) is 0.531. The molecule has 8 nitrogen and oxygen atoms in total. The van der Waals surface area contributed by atoms with Gasteiger partial charge in [0.05, 0.1) is 30.0 Å². The molecule has 36 heavy (non-hydrogen) atoms. The van der Waals surface area contributed by atoms with Crippen molar-refractivity contribution >= 4 is 23.3 Å². The summed E-state index contributed by atoms with van der Waals surface area (Å²) in [4.78, 5) is 34.4. The van der Waals surface area contributed by atoms with E-state index in [1.807, 2.05) is 13.8 Å². The Labute approximate surface area is 213 Å². The van der Waals surface area contributed by atoms with E-state index in [2.05, 4.69) is 4.99 Å². The zero-order valence-electron chi connectivity index (χ0n) is 20.9. The largest absolute Gasteiger partial charge is 0.507 e. The summed E-state index contributed by atoms with van der Waals surface area (Å²) in [6.07, 6.45) is 1.64. The van der Waals surface area contributed by atoms with Crippen LogP contribution < -0.4 is 24.4 Å². The van der Waals surface area contributed by atoms with E-state index in [-0.39, 0.29) is 17.2 Å². The van der Waals surface area contributed by atoms with Crippen LogP contribution in [0.25, 0.3) is 6.08 Å². The summed E-state index contributed by atoms with van der Waals surface area (Å²) in [5.41, 5.74) is 1.78. The molecule has 4 rings (SSSR count). The molecule has 2 heterocycles. The normalized spacial score (nSPS) is 15.4. The van der Waals surface area contributed by atoms with Crippen LogP contribution in [0.5, 0.6) is 17.2 Å². The van der Waals surface area contributed by atoms with Gasteiger partial charge in [-0.05, 0) is 51.1 Å². The van der Waals surface area contributed by atoms with Gasteiger partial charge in [0, 0.05) is 24.2 Å². The number of allylic oxidation sites excluding steroid dienone is 1. The van der Waals surface area contributed by atoms with Gasteiger partial charge in [-0.25, -0.2) is 4.99 Å². The molecule has 2 aromatic carbocycles. The van der Waals surface area contributed by atoms with Crippen molar-refractivity contribution in [1.29, 1.82) is 0 Å². The maximum absolute atomic E-state index is 13.8. The fraction of sp³-hybridized carbons (Fsp3) is 0.296. The molecule has 1 aliphatic rings. The van der Waals surface area contributed by atoms with E-state index in [1.165, 1.54) is 15.9 Å². The zero-order valence-corrected chi connectivity index (χ0v) is 21.8. The number of aromatic hydroxyl groups is 1. The second kappa shape index (κ2) is 10.4. The van der Waals surface area contributed by atoms with Crippen LogP contribution in [0.2, 0.25) is 0 Å². The summed E-state index contributed by atoms with van der Waals surface area (Å²) in [5.74, 6) is 0.982. The minimum Gasteiger partial charge on any atom is -0.507 e. The average molecular weight is 508 g/mol. The number of aromatic nitrogens is 1. The summed E-state index contributed by atoms with van der Waals surface area (Å²) in [7, 11) is 3.11. The molecular weight excluding hydrogens is 478 g/mol. The molecule has 3 aromatic rings. The first-order valence-corrected chi connectivity index (χ1v) is 12.5. The molecule has 0 unspecified atom stereocenters. The number of phenols is 1. The Bertz CT molecular complexity index is 1510. The van der Waals surface area contributed by atoms with E-state index < -0.39 is 6.04 Å². The maximum Gasteiger partial charge on any atom is 0.271 e. The van der Waals surface area contributed by atoms with E-state index in [0.29, 0.717) is 56.3 Å². The van der Waals surface area contributed by atoms with Crippen LogP contribution in [0.3, 0.4) is 0 Å². The monoisotopic (exact) mass is 507 g/mol. The maximum atomic E-state index is 13.8. The van der Waals surface area contributed by atoms with Gasteiger partial charge in [0.15, 0.2) is 4.80 Å². The number of amides is 1. The molecule has 0 aliphatic carbocycles. The predicted molar refractivity (Wildman–Crippen MR) is 139 cm³/mol. The molecule has 1 atom stereocenters. The van der Waals surface area contributed by atoms with Gasteiger partial charge in [-0.3, -0.25) is 14.2 Å². The Morgan fingerprint density at radius 2 is 1.89 bits per heavy atom. The van der Waals surface area contributed by atoms with Crippen molar-refractivity contribution in [3.8, 4) is 17.2 Å². The molecule has 0 bridgehead atoms. The van der Waals surface area contributed by atoms with Crippen LogP contribution in [0.15, 0.2) is 63.5 Å². The first-order chi connectivity index (χ1) is 17.3. The number of hydrogen-bond acceptors (Lipinski definition) is 7. The van der Waals surface area contributed by atoms with Crippen molar-refractivity contribution < 1.29 is 19.4 Å². The van der Waals surface area contributed by atoms with Crippen molar-refractivity contribution in [2.24, 2.45) is 4.99 Å². The fourth-order valence-corrected chi connectivity index (χ4v) is 5.41. The molecule has 188 valence electrons. The molecule has 9 heteroatoms. The van der Waals surface area contributed by atoms with Crippen molar-refractivity contribution in [3.05, 3.63) is 84.5 Å². The lowest BCUT2D eigenvalue weighted by molar-refractivity contribution is -0.127. The molecule has 0 saturated heterocycles. The summed E-state index contributed by atoms with van der Waals surface area (Å²) < 4.78 is 13.1. The Balaban J connectivity index is 2.04. The minimum atomic E-state index is -0.772. The highest BCUT2D eigenvalue weighted by molar-refractivity contribution is 7.07. The van der Waals surface area contributed by atoms with Crippen molar-refractivity contribution in [2.45, 2.75) is 26.8 Å². The fourth-order valence-electron chi connectivity index (χ4n) is 4.37. The van der Waals surface area contributed by atoms with E-state index >= 15 is 0 Å². The Kier molecular flexibility index (Phi) is 7.30. The number of carbonyl (C=O) groups is 1. The number of methoxy groups -OCH3 is 2. The highest BCUT2D eigenvalue weighted by Crippen LogP contribution is 2.38. The number of carbonyl (C=O) groups excluding carboxylic acids is 1. The van der Waals surface area contributed by atoms with Crippen LogP contribution in [0, 0.1) is 0 Å². The van der Waals surface area contributed by atoms with Crippen molar-refractivity contribution in [2.75, 3.05) is 27.3 Å². The number of para-hydroxylation sites is 1. The van der Waals surface area contributed by atoms with Gasteiger partial charge >= 0.3 is 0 Å². The SMILES string of the molecule is CCN(CC)C(=O)C1=C(C)N=c2s/c(=C/c3ccccc3O)c(=O)n2[C@@H]1c1cc(OC)ccc1OC. The molecule has 0 saturated carbocycles. The zero-order chi connectivity index (χ0) is 26.0. The Hall–Kier alpha value is -3.85. The third-order valence-corrected chi connectivity index (χ3v) is 7.24. The number of nitrogens with zero attached hydrogens (tertiary/aromatic N) is 3. The Morgan fingerprint density at radius 3 is 2.53 bits per heavy atom. The molecule has 0 radical (unpaired) electrons. The van der Waals surface area contributed by atoms with Crippen molar-refractivity contribution in [3.63, 3.8) is 0 Å². The van der Waals surface area contributed by atoms with Crippen molar-refractivity contribution in [1.82, 2.24) is 9.47 Å². The highest BCUT2D eigenvalue weighted by atomic mass is 32.1. The number of benzene rings is 2. The second-order valence-electron chi connectivity index (χ2n) is 8.23. The lowest BCUT2D eigenvalue weighted by Gasteiger charge is -2.30. The molecular formula is C27H29N3O5S. The smallest absolute Gasteiger partial charge is 0.271 e. The molecule has 1 N–H and O–H groups in total.